The molecule has 1 heterocycles. The molecule has 5 nitrogen and oxygen atoms in total. The van der Waals surface area contributed by atoms with E-state index < -0.39 is 0 Å². The van der Waals surface area contributed by atoms with Crippen molar-refractivity contribution in [2.45, 2.75) is 36.6 Å². The molecular weight excluding hydrogens is 214 g/mol. The zero-order valence-electron chi connectivity index (χ0n) is 8.90. The lowest BCUT2D eigenvalue weighted by molar-refractivity contribution is -0.140. The van der Waals surface area contributed by atoms with Crippen molar-refractivity contribution in [2.75, 3.05) is 7.11 Å². The van der Waals surface area contributed by atoms with Crippen LogP contribution in [0.3, 0.4) is 0 Å². The molecule has 0 aromatic carbocycles. The van der Waals surface area contributed by atoms with E-state index in [1.165, 1.54) is 25.2 Å². The molecule has 0 aliphatic carbocycles. The van der Waals surface area contributed by atoms with Gasteiger partial charge in [-0.15, -0.1) is 0 Å². The summed E-state index contributed by atoms with van der Waals surface area (Å²) >= 11 is 1.36. The van der Waals surface area contributed by atoms with Crippen molar-refractivity contribution in [1.29, 1.82) is 0 Å². The van der Waals surface area contributed by atoms with Gasteiger partial charge in [0, 0.05) is 0 Å². The van der Waals surface area contributed by atoms with Crippen molar-refractivity contribution < 1.29 is 9.53 Å². The van der Waals surface area contributed by atoms with E-state index in [-0.39, 0.29) is 11.2 Å². The summed E-state index contributed by atoms with van der Waals surface area (Å²) < 4.78 is 4.74. The van der Waals surface area contributed by atoms with Crippen LogP contribution in [-0.4, -0.2) is 33.5 Å². The van der Waals surface area contributed by atoms with Crippen molar-refractivity contribution in [3.8, 4) is 0 Å². The second-order valence-electron chi connectivity index (χ2n) is 3.06. The topological polar surface area (TPSA) is 67.9 Å². The minimum absolute atomic E-state index is 0.192. The van der Waals surface area contributed by atoms with Crippen LogP contribution in [0.5, 0.6) is 0 Å². The monoisotopic (exact) mass is 229 g/mol. The molecule has 1 N–H and O–H groups in total. The van der Waals surface area contributed by atoms with Crippen molar-refractivity contribution >= 4 is 17.7 Å². The Morgan fingerprint density at radius 3 is 3.07 bits per heavy atom. The molecular formula is C9H15N3O2S. The molecule has 0 saturated heterocycles. The number of esters is 1. The van der Waals surface area contributed by atoms with Gasteiger partial charge >= 0.3 is 5.97 Å². The number of H-pyrrole nitrogens is 1. The standard InChI is InChI=1S/C9H15N3O2S/c1-3-4-5-7(8(13)14-2)15-9-10-6-11-12-9/h6-7H,3-5H2,1-2H3,(H,10,11,12). The number of methoxy groups -OCH3 is 1. The Morgan fingerprint density at radius 1 is 1.73 bits per heavy atom. The van der Waals surface area contributed by atoms with Crippen molar-refractivity contribution in [3.63, 3.8) is 0 Å². The summed E-state index contributed by atoms with van der Waals surface area (Å²) in [6.07, 6.45) is 4.29. The lowest BCUT2D eigenvalue weighted by Crippen LogP contribution is -2.18. The third-order valence-corrected chi connectivity index (χ3v) is 3.06. The number of nitrogens with one attached hydrogen (secondary N) is 1. The fraction of sp³-hybridized carbons (Fsp3) is 0.667. The van der Waals surface area contributed by atoms with Gasteiger partial charge in [-0.25, -0.2) is 4.98 Å². The van der Waals surface area contributed by atoms with Crippen LogP contribution in [-0.2, 0) is 9.53 Å². The van der Waals surface area contributed by atoms with Gasteiger partial charge in [-0.2, -0.15) is 5.10 Å². The SMILES string of the molecule is CCCCC(Sc1ncn[nH]1)C(=O)OC. The van der Waals surface area contributed by atoms with E-state index in [1.54, 1.807) is 0 Å². The first-order valence-electron chi connectivity index (χ1n) is 4.87. The lowest BCUT2D eigenvalue weighted by Gasteiger charge is -2.11. The number of carbonyl (C=O) groups is 1. The summed E-state index contributed by atoms with van der Waals surface area (Å²) in [6, 6.07) is 0. The first kappa shape index (κ1) is 12.0. The smallest absolute Gasteiger partial charge is 0.319 e. The van der Waals surface area contributed by atoms with Gasteiger partial charge in [0.15, 0.2) is 5.16 Å². The number of hydrogen-bond acceptors (Lipinski definition) is 5. The number of carbonyl (C=O) groups excluding carboxylic acids is 1. The number of unbranched alkanes of at least 4 members (excludes halogenated alkanes) is 1. The zero-order chi connectivity index (χ0) is 11.1. The molecule has 1 rings (SSSR count). The minimum atomic E-state index is -0.204. The average Bonchev–Trinajstić information content (AvgIpc) is 2.75. The van der Waals surface area contributed by atoms with Gasteiger partial charge < -0.3 is 4.74 Å². The first-order valence-corrected chi connectivity index (χ1v) is 5.75. The molecule has 1 aromatic heterocycles. The summed E-state index contributed by atoms with van der Waals surface area (Å²) in [5.41, 5.74) is 0. The predicted octanol–water partition coefficient (Wildman–Crippen LogP) is 1.63. The number of thioether (sulfide) groups is 1. The van der Waals surface area contributed by atoms with Gasteiger partial charge in [0.05, 0.1) is 7.11 Å². The molecule has 0 aliphatic heterocycles. The second-order valence-corrected chi connectivity index (χ2v) is 4.25. The Balaban J connectivity index is 2.52. The van der Waals surface area contributed by atoms with Gasteiger partial charge in [0.1, 0.15) is 11.6 Å². The summed E-state index contributed by atoms with van der Waals surface area (Å²) in [6.45, 7) is 2.09. The Bertz CT molecular complexity index is 290. The number of hydrogen-bond donors (Lipinski definition) is 1. The summed E-state index contributed by atoms with van der Waals surface area (Å²) in [5.74, 6) is -0.204. The molecule has 1 aromatic rings. The number of aromatic amines is 1. The summed E-state index contributed by atoms with van der Waals surface area (Å²) in [4.78, 5) is 15.4. The Labute approximate surface area is 93.0 Å². The van der Waals surface area contributed by atoms with Gasteiger partial charge in [0.25, 0.3) is 0 Å². The molecule has 0 aliphatic rings. The van der Waals surface area contributed by atoms with Crippen LogP contribution in [0.15, 0.2) is 11.5 Å². The largest absolute Gasteiger partial charge is 0.468 e. The van der Waals surface area contributed by atoms with Gasteiger partial charge in [-0.1, -0.05) is 31.5 Å². The number of rotatable bonds is 6. The first-order chi connectivity index (χ1) is 7.27. The van der Waals surface area contributed by atoms with E-state index in [4.69, 9.17) is 4.74 Å². The van der Waals surface area contributed by atoms with Crippen LogP contribution < -0.4 is 0 Å². The average molecular weight is 229 g/mol. The van der Waals surface area contributed by atoms with E-state index in [9.17, 15) is 4.79 Å². The molecule has 0 fully saturated rings. The molecule has 15 heavy (non-hydrogen) atoms. The molecule has 0 amide bonds. The number of aromatic nitrogens is 3. The van der Waals surface area contributed by atoms with Crippen LogP contribution in [0.25, 0.3) is 0 Å². The number of nitrogens with zero attached hydrogens (tertiary/aromatic N) is 2. The van der Waals surface area contributed by atoms with E-state index in [0.717, 1.165) is 19.3 Å². The van der Waals surface area contributed by atoms with Crippen LogP contribution in [0.4, 0.5) is 0 Å². The third-order valence-electron chi connectivity index (χ3n) is 1.93. The highest BCUT2D eigenvalue weighted by molar-refractivity contribution is 8.00. The van der Waals surface area contributed by atoms with Gasteiger partial charge in [-0.3, -0.25) is 9.89 Å². The van der Waals surface area contributed by atoms with Crippen molar-refractivity contribution in [1.82, 2.24) is 15.2 Å². The predicted molar refractivity (Wildman–Crippen MR) is 57.6 cm³/mol. The highest BCUT2D eigenvalue weighted by Crippen LogP contribution is 2.24. The maximum absolute atomic E-state index is 11.4. The summed E-state index contributed by atoms with van der Waals surface area (Å²) in [5, 5.41) is 6.91. The van der Waals surface area contributed by atoms with Crippen LogP contribution >= 0.6 is 11.8 Å². The number of ether oxygens (including phenoxy) is 1. The zero-order valence-corrected chi connectivity index (χ0v) is 9.71. The van der Waals surface area contributed by atoms with Gasteiger partial charge in [0.2, 0.25) is 0 Å². The van der Waals surface area contributed by atoms with Crippen LogP contribution in [0.1, 0.15) is 26.2 Å². The second kappa shape index (κ2) is 6.44. The fourth-order valence-corrected chi connectivity index (χ4v) is 2.09. The quantitative estimate of drug-likeness (QED) is 0.593. The minimum Gasteiger partial charge on any atom is -0.468 e. The van der Waals surface area contributed by atoms with E-state index in [0.29, 0.717) is 5.16 Å². The van der Waals surface area contributed by atoms with Gasteiger partial charge in [-0.05, 0) is 6.42 Å². The maximum Gasteiger partial charge on any atom is 0.319 e. The normalized spacial score (nSPS) is 12.4. The molecule has 1 unspecified atom stereocenters. The van der Waals surface area contributed by atoms with Crippen LogP contribution in [0, 0.1) is 0 Å². The Morgan fingerprint density at radius 2 is 2.53 bits per heavy atom. The molecule has 84 valence electrons. The molecule has 1 atom stereocenters. The maximum atomic E-state index is 11.4. The van der Waals surface area contributed by atoms with Crippen LogP contribution in [0.2, 0.25) is 0 Å². The molecule has 0 saturated carbocycles. The third kappa shape index (κ3) is 3.91. The van der Waals surface area contributed by atoms with Crippen molar-refractivity contribution in [2.24, 2.45) is 0 Å². The van der Waals surface area contributed by atoms with E-state index >= 15 is 0 Å². The lowest BCUT2D eigenvalue weighted by atomic mass is 10.2. The molecule has 0 radical (unpaired) electrons. The molecule has 0 spiro atoms. The Kier molecular flexibility index (Phi) is 5.17. The molecule has 0 bridgehead atoms. The fourth-order valence-electron chi connectivity index (χ4n) is 1.13. The highest BCUT2D eigenvalue weighted by atomic mass is 32.2. The summed E-state index contributed by atoms with van der Waals surface area (Å²) in [7, 11) is 1.40. The van der Waals surface area contributed by atoms with Crippen molar-refractivity contribution in [3.05, 3.63) is 6.33 Å². The van der Waals surface area contributed by atoms with E-state index in [2.05, 4.69) is 22.1 Å². The van der Waals surface area contributed by atoms with E-state index in [1.807, 2.05) is 0 Å². The molecule has 6 heteroatoms. The Hall–Kier alpha value is -1.04. The highest BCUT2D eigenvalue weighted by Gasteiger charge is 2.21.